The largest absolute Gasteiger partial charge is 0.314 e. The molecule has 6 heteroatoms. The second-order valence-corrected chi connectivity index (χ2v) is 4.13. The van der Waals surface area contributed by atoms with E-state index < -0.39 is 11.6 Å². The Hall–Kier alpha value is -0.680. The second-order valence-electron chi connectivity index (χ2n) is 4.13. The molecule has 0 radical (unpaired) electrons. The van der Waals surface area contributed by atoms with Gasteiger partial charge in [0.15, 0.2) is 0 Å². The first-order chi connectivity index (χ1) is 8.22. The van der Waals surface area contributed by atoms with Crippen LogP contribution in [-0.2, 0) is 0 Å². The Labute approximate surface area is 124 Å². The molecule has 19 heavy (non-hydrogen) atoms. The van der Waals surface area contributed by atoms with Crippen molar-refractivity contribution in [3.8, 4) is 0 Å². The molecule has 2 nitrogen and oxygen atoms in total. The van der Waals surface area contributed by atoms with Gasteiger partial charge in [0.1, 0.15) is 11.6 Å². The van der Waals surface area contributed by atoms with Gasteiger partial charge in [-0.3, -0.25) is 4.90 Å². The minimum atomic E-state index is -0.547. The maximum Gasteiger partial charge on any atom is 0.131 e. The van der Waals surface area contributed by atoms with Crippen molar-refractivity contribution in [1.29, 1.82) is 0 Å². The van der Waals surface area contributed by atoms with Crippen LogP contribution in [0.2, 0.25) is 0 Å². The fourth-order valence-electron chi connectivity index (χ4n) is 2.17. The molecule has 1 aliphatic rings. The molecule has 1 fully saturated rings. The SMILES string of the molecule is C=C[C@@H](c1ccc(F)cc1F)N1CCNCC1.Cl.Cl. The lowest BCUT2D eigenvalue weighted by atomic mass is 10.0. The number of halogens is 4. The van der Waals surface area contributed by atoms with E-state index >= 15 is 0 Å². The van der Waals surface area contributed by atoms with Crippen LogP contribution in [0.1, 0.15) is 11.6 Å². The average molecular weight is 311 g/mol. The second kappa shape index (κ2) is 8.48. The predicted molar refractivity (Wildman–Crippen MR) is 78.2 cm³/mol. The zero-order valence-corrected chi connectivity index (χ0v) is 12.1. The minimum Gasteiger partial charge on any atom is -0.314 e. The van der Waals surface area contributed by atoms with Crippen molar-refractivity contribution in [3.63, 3.8) is 0 Å². The summed E-state index contributed by atoms with van der Waals surface area (Å²) in [6.45, 7) is 7.20. The minimum absolute atomic E-state index is 0. The number of piperazine rings is 1. The van der Waals surface area contributed by atoms with Crippen LogP contribution in [0.25, 0.3) is 0 Å². The highest BCUT2D eigenvalue weighted by Gasteiger charge is 2.22. The Kier molecular flexibility index (Phi) is 8.18. The van der Waals surface area contributed by atoms with Gasteiger partial charge >= 0.3 is 0 Å². The van der Waals surface area contributed by atoms with Crippen LogP contribution in [0.15, 0.2) is 30.9 Å². The number of nitrogens with zero attached hydrogens (tertiary/aromatic N) is 1. The molecule has 0 amide bonds. The van der Waals surface area contributed by atoms with Crippen LogP contribution in [-0.4, -0.2) is 31.1 Å². The van der Waals surface area contributed by atoms with Crippen LogP contribution in [0.4, 0.5) is 8.78 Å². The summed E-state index contributed by atoms with van der Waals surface area (Å²) >= 11 is 0. The Morgan fingerprint density at radius 2 is 1.84 bits per heavy atom. The van der Waals surface area contributed by atoms with Gasteiger partial charge in [-0.2, -0.15) is 0 Å². The van der Waals surface area contributed by atoms with E-state index in [1.54, 1.807) is 6.08 Å². The molecule has 1 N–H and O–H groups in total. The van der Waals surface area contributed by atoms with Gasteiger partial charge in [0.25, 0.3) is 0 Å². The summed E-state index contributed by atoms with van der Waals surface area (Å²) < 4.78 is 26.6. The fourth-order valence-corrected chi connectivity index (χ4v) is 2.17. The van der Waals surface area contributed by atoms with Crippen LogP contribution in [0, 0.1) is 11.6 Å². The van der Waals surface area contributed by atoms with E-state index in [9.17, 15) is 8.78 Å². The van der Waals surface area contributed by atoms with Gasteiger partial charge in [-0.1, -0.05) is 12.1 Å². The molecule has 0 spiro atoms. The molecule has 0 aromatic heterocycles. The monoisotopic (exact) mass is 310 g/mol. The highest BCUT2D eigenvalue weighted by molar-refractivity contribution is 5.85. The van der Waals surface area contributed by atoms with Crippen molar-refractivity contribution >= 4 is 24.8 Å². The summed E-state index contributed by atoms with van der Waals surface area (Å²) in [6.07, 6.45) is 1.71. The molecule has 1 aromatic carbocycles. The maximum absolute atomic E-state index is 13.7. The van der Waals surface area contributed by atoms with Gasteiger partial charge in [-0.15, -0.1) is 31.4 Å². The van der Waals surface area contributed by atoms with Gasteiger partial charge < -0.3 is 5.32 Å². The van der Waals surface area contributed by atoms with E-state index in [2.05, 4.69) is 16.8 Å². The third-order valence-electron chi connectivity index (χ3n) is 3.05. The fraction of sp³-hybridized carbons (Fsp3) is 0.385. The van der Waals surface area contributed by atoms with E-state index in [1.165, 1.54) is 12.1 Å². The summed E-state index contributed by atoms with van der Waals surface area (Å²) in [7, 11) is 0. The number of hydrogen-bond acceptors (Lipinski definition) is 2. The van der Waals surface area contributed by atoms with Gasteiger partial charge in [-0.25, -0.2) is 8.78 Å². The Morgan fingerprint density at radius 1 is 1.21 bits per heavy atom. The van der Waals surface area contributed by atoms with Crippen LogP contribution in [0.3, 0.4) is 0 Å². The number of nitrogens with one attached hydrogen (secondary N) is 1. The highest BCUT2D eigenvalue weighted by Crippen LogP contribution is 2.25. The quantitative estimate of drug-likeness (QED) is 0.864. The molecular weight excluding hydrogens is 293 g/mol. The number of rotatable bonds is 3. The lowest BCUT2D eigenvalue weighted by Crippen LogP contribution is -2.44. The molecule has 1 saturated heterocycles. The van der Waals surface area contributed by atoms with E-state index in [0.717, 1.165) is 32.2 Å². The van der Waals surface area contributed by atoms with Crippen molar-refractivity contribution in [2.24, 2.45) is 0 Å². The summed E-state index contributed by atoms with van der Waals surface area (Å²) in [4.78, 5) is 2.14. The summed E-state index contributed by atoms with van der Waals surface area (Å²) in [5.74, 6) is -1.05. The summed E-state index contributed by atoms with van der Waals surface area (Å²) in [5, 5.41) is 3.24. The molecule has 1 heterocycles. The lowest BCUT2D eigenvalue weighted by molar-refractivity contribution is 0.200. The zero-order valence-electron chi connectivity index (χ0n) is 10.4. The van der Waals surface area contributed by atoms with E-state index in [4.69, 9.17) is 0 Å². The van der Waals surface area contributed by atoms with Crippen molar-refractivity contribution in [3.05, 3.63) is 48.1 Å². The van der Waals surface area contributed by atoms with Crippen LogP contribution < -0.4 is 5.32 Å². The molecule has 0 aliphatic carbocycles. The third-order valence-corrected chi connectivity index (χ3v) is 3.05. The Balaban J connectivity index is 0.00000162. The number of hydrogen-bond donors (Lipinski definition) is 1. The molecule has 0 unspecified atom stereocenters. The number of benzene rings is 1. The molecule has 1 atom stereocenters. The van der Waals surface area contributed by atoms with E-state index in [0.29, 0.717) is 5.56 Å². The van der Waals surface area contributed by atoms with Gasteiger partial charge in [0.05, 0.1) is 6.04 Å². The van der Waals surface area contributed by atoms with Crippen molar-refractivity contribution in [1.82, 2.24) is 10.2 Å². The molecular formula is C13H18Cl2F2N2. The summed E-state index contributed by atoms with van der Waals surface area (Å²) in [6, 6.07) is 3.53. The predicted octanol–water partition coefficient (Wildman–Crippen LogP) is 2.94. The first-order valence-corrected chi connectivity index (χ1v) is 5.74. The van der Waals surface area contributed by atoms with Crippen LogP contribution >= 0.6 is 24.8 Å². The topological polar surface area (TPSA) is 15.3 Å². The van der Waals surface area contributed by atoms with Crippen molar-refractivity contribution < 1.29 is 8.78 Å². The van der Waals surface area contributed by atoms with Crippen molar-refractivity contribution in [2.75, 3.05) is 26.2 Å². The molecule has 1 aliphatic heterocycles. The highest BCUT2D eigenvalue weighted by atomic mass is 35.5. The third kappa shape index (κ3) is 4.42. The van der Waals surface area contributed by atoms with Gasteiger partial charge in [0, 0.05) is 37.8 Å². The Morgan fingerprint density at radius 3 is 2.37 bits per heavy atom. The molecule has 0 saturated carbocycles. The van der Waals surface area contributed by atoms with Crippen molar-refractivity contribution in [2.45, 2.75) is 6.04 Å². The van der Waals surface area contributed by atoms with E-state index in [1.807, 2.05) is 0 Å². The van der Waals surface area contributed by atoms with Crippen LogP contribution in [0.5, 0.6) is 0 Å². The average Bonchev–Trinajstić information content (AvgIpc) is 2.34. The first kappa shape index (κ1) is 18.3. The molecule has 108 valence electrons. The van der Waals surface area contributed by atoms with E-state index in [-0.39, 0.29) is 30.9 Å². The van der Waals surface area contributed by atoms with Gasteiger partial charge in [-0.05, 0) is 6.07 Å². The molecule has 1 aromatic rings. The zero-order chi connectivity index (χ0) is 12.3. The maximum atomic E-state index is 13.7. The molecule has 2 rings (SSSR count). The van der Waals surface area contributed by atoms with Gasteiger partial charge in [0.2, 0.25) is 0 Å². The summed E-state index contributed by atoms with van der Waals surface area (Å²) in [5.41, 5.74) is 0.489. The lowest BCUT2D eigenvalue weighted by Gasteiger charge is -2.33. The molecule has 0 bridgehead atoms. The smallest absolute Gasteiger partial charge is 0.131 e. The standard InChI is InChI=1S/C13H16F2N2.2ClH/c1-2-13(17-7-5-16-6-8-17)11-4-3-10(14)9-12(11)15;;/h2-4,9,13,16H,1,5-8H2;2*1H/t13-;;/m0../s1. The Bertz CT molecular complexity index is 410. The normalized spacial score (nSPS) is 16.9. The first-order valence-electron chi connectivity index (χ1n) is 5.74.